The molecule has 1 N–H and O–H groups in total. The van der Waals surface area contributed by atoms with Crippen LogP contribution in [0.25, 0.3) is 0 Å². The highest BCUT2D eigenvalue weighted by atomic mass is 14.8. The fraction of sp³-hybridized carbons (Fsp3) is 0.333. The first-order valence-electron chi connectivity index (χ1n) is 8.05. The van der Waals surface area contributed by atoms with Crippen molar-refractivity contribution < 1.29 is 0 Å². The van der Waals surface area contributed by atoms with E-state index in [1.165, 1.54) is 27.9 Å². The predicted molar refractivity (Wildman–Crippen MR) is 99.9 cm³/mol. The van der Waals surface area contributed by atoms with Crippen molar-refractivity contribution in [2.45, 2.75) is 33.1 Å². The van der Waals surface area contributed by atoms with Crippen LogP contribution in [0.15, 0.2) is 83.6 Å². The Balaban J connectivity index is 3.51. The van der Waals surface area contributed by atoms with Gasteiger partial charge in [0.15, 0.2) is 0 Å². The van der Waals surface area contributed by atoms with Crippen LogP contribution in [-0.2, 0) is 0 Å². The Hall–Kier alpha value is -1.86. The van der Waals surface area contributed by atoms with Gasteiger partial charge >= 0.3 is 0 Å². The summed E-state index contributed by atoms with van der Waals surface area (Å²) in [6.07, 6.45) is 18.0. The molecule has 0 amide bonds. The fourth-order valence-electron chi connectivity index (χ4n) is 2.80. The minimum atomic E-state index is 0.972. The molecule has 1 rings (SSSR count). The van der Waals surface area contributed by atoms with Gasteiger partial charge in [0.05, 0.1) is 0 Å². The summed E-state index contributed by atoms with van der Waals surface area (Å²) >= 11 is 0. The molecule has 118 valence electrons. The van der Waals surface area contributed by atoms with Gasteiger partial charge in [-0.25, -0.2) is 0 Å². The van der Waals surface area contributed by atoms with E-state index in [2.05, 4.69) is 62.7 Å². The molecule has 0 heterocycles. The van der Waals surface area contributed by atoms with Gasteiger partial charge in [0, 0.05) is 0 Å². The standard InChI is InChI=1S/C21H29N/c1-6-11-18-15-14-17(8-3)20(12-7-2)21(19(18)9-4)13-10-16-22-5/h6-9,11-13,22H,3-4,10,14-16H2,1-2,5H3/b11-6-,12-7-,21-13+. The van der Waals surface area contributed by atoms with Crippen LogP contribution in [0.1, 0.15) is 33.1 Å². The van der Waals surface area contributed by atoms with E-state index in [4.69, 9.17) is 0 Å². The van der Waals surface area contributed by atoms with E-state index in [1.807, 2.05) is 19.2 Å². The Morgan fingerprint density at radius 3 is 2.18 bits per heavy atom. The van der Waals surface area contributed by atoms with Crippen LogP contribution in [0.5, 0.6) is 0 Å². The quantitative estimate of drug-likeness (QED) is 0.617. The summed E-state index contributed by atoms with van der Waals surface area (Å²) in [5.41, 5.74) is 6.48. The Labute approximate surface area is 136 Å². The minimum absolute atomic E-state index is 0.972. The van der Waals surface area contributed by atoms with Crippen molar-refractivity contribution >= 4 is 0 Å². The molecule has 0 aliphatic heterocycles. The van der Waals surface area contributed by atoms with Gasteiger partial charge < -0.3 is 5.32 Å². The summed E-state index contributed by atoms with van der Waals surface area (Å²) < 4.78 is 0. The van der Waals surface area contributed by atoms with E-state index >= 15 is 0 Å². The largest absolute Gasteiger partial charge is 0.319 e. The zero-order valence-electron chi connectivity index (χ0n) is 14.3. The molecule has 0 saturated carbocycles. The Kier molecular flexibility index (Phi) is 8.24. The van der Waals surface area contributed by atoms with Crippen LogP contribution in [0.4, 0.5) is 0 Å². The van der Waals surface area contributed by atoms with E-state index < -0.39 is 0 Å². The van der Waals surface area contributed by atoms with Gasteiger partial charge in [-0.05, 0) is 74.6 Å². The highest BCUT2D eigenvalue weighted by molar-refractivity contribution is 5.63. The lowest BCUT2D eigenvalue weighted by Crippen LogP contribution is -2.06. The maximum Gasteiger partial charge on any atom is -0.00169 e. The van der Waals surface area contributed by atoms with Crippen LogP contribution >= 0.6 is 0 Å². The summed E-state index contributed by atoms with van der Waals surface area (Å²) in [6.45, 7) is 13.2. The van der Waals surface area contributed by atoms with Crippen LogP contribution in [0, 0.1) is 0 Å². The highest BCUT2D eigenvalue weighted by Gasteiger charge is 2.17. The van der Waals surface area contributed by atoms with E-state index in [0.29, 0.717) is 0 Å². The molecule has 0 saturated heterocycles. The van der Waals surface area contributed by atoms with Crippen molar-refractivity contribution in [1.29, 1.82) is 0 Å². The van der Waals surface area contributed by atoms with Crippen LogP contribution in [0.2, 0.25) is 0 Å². The third-order valence-corrected chi connectivity index (χ3v) is 3.83. The average Bonchev–Trinajstić information content (AvgIpc) is 2.66. The van der Waals surface area contributed by atoms with E-state index in [1.54, 1.807) is 0 Å². The molecule has 0 radical (unpaired) electrons. The topological polar surface area (TPSA) is 12.0 Å². The van der Waals surface area contributed by atoms with Crippen molar-refractivity contribution in [3.63, 3.8) is 0 Å². The molecule has 1 aliphatic rings. The molecule has 0 aromatic heterocycles. The normalized spacial score (nSPS) is 18.6. The second kappa shape index (κ2) is 9.97. The molecule has 0 atom stereocenters. The van der Waals surface area contributed by atoms with Gasteiger partial charge in [0.25, 0.3) is 0 Å². The molecule has 1 aliphatic carbocycles. The van der Waals surface area contributed by atoms with Gasteiger partial charge in [-0.2, -0.15) is 0 Å². The van der Waals surface area contributed by atoms with Crippen molar-refractivity contribution in [3.05, 3.63) is 83.6 Å². The maximum absolute atomic E-state index is 4.06. The molecule has 0 spiro atoms. The molecule has 0 fully saturated rings. The monoisotopic (exact) mass is 295 g/mol. The predicted octanol–water partition coefficient (Wildman–Crippen LogP) is 5.43. The summed E-state index contributed by atoms with van der Waals surface area (Å²) in [6, 6.07) is 0. The van der Waals surface area contributed by atoms with Gasteiger partial charge in [-0.1, -0.05) is 55.7 Å². The lowest BCUT2D eigenvalue weighted by Gasteiger charge is -2.13. The SMILES string of the molecule is C=CC1=C(/C=C\C)/C(=C/CCNC)C(C=C)=C(/C=C\C)CC1. The number of rotatable bonds is 7. The van der Waals surface area contributed by atoms with Crippen LogP contribution < -0.4 is 5.32 Å². The maximum atomic E-state index is 4.06. The third kappa shape index (κ3) is 4.57. The molecule has 0 bridgehead atoms. The van der Waals surface area contributed by atoms with E-state index in [9.17, 15) is 0 Å². The van der Waals surface area contributed by atoms with Crippen molar-refractivity contribution in [2.24, 2.45) is 0 Å². The van der Waals surface area contributed by atoms with E-state index in [-0.39, 0.29) is 0 Å². The number of nitrogens with one attached hydrogen (secondary N) is 1. The second-order valence-corrected chi connectivity index (χ2v) is 5.30. The van der Waals surface area contributed by atoms with Gasteiger partial charge in [-0.15, -0.1) is 0 Å². The van der Waals surface area contributed by atoms with Crippen LogP contribution in [0.3, 0.4) is 0 Å². The number of hydrogen-bond donors (Lipinski definition) is 1. The molecular weight excluding hydrogens is 266 g/mol. The summed E-state index contributed by atoms with van der Waals surface area (Å²) in [4.78, 5) is 0. The highest BCUT2D eigenvalue weighted by Crippen LogP contribution is 2.35. The van der Waals surface area contributed by atoms with Gasteiger partial charge in [-0.3, -0.25) is 0 Å². The lowest BCUT2D eigenvalue weighted by molar-refractivity contribution is 0.806. The first-order chi connectivity index (χ1) is 10.7. The molecule has 22 heavy (non-hydrogen) atoms. The zero-order valence-corrected chi connectivity index (χ0v) is 14.3. The molecular formula is C21H29N. The molecule has 1 nitrogen and oxygen atoms in total. The molecule has 0 aromatic rings. The average molecular weight is 295 g/mol. The Morgan fingerprint density at radius 1 is 0.955 bits per heavy atom. The van der Waals surface area contributed by atoms with E-state index in [0.717, 1.165) is 25.8 Å². The zero-order chi connectivity index (χ0) is 16.4. The summed E-state index contributed by atoms with van der Waals surface area (Å²) in [7, 11) is 1.99. The lowest BCUT2D eigenvalue weighted by atomic mass is 9.91. The fourth-order valence-corrected chi connectivity index (χ4v) is 2.80. The molecule has 1 heteroatoms. The smallest absolute Gasteiger partial charge is 0.00169 e. The van der Waals surface area contributed by atoms with Gasteiger partial charge in [0.1, 0.15) is 0 Å². The van der Waals surface area contributed by atoms with Gasteiger partial charge in [0.2, 0.25) is 0 Å². The number of allylic oxidation sites excluding steroid dienone is 11. The van der Waals surface area contributed by atoms with Crippen molar-refractivity contribution in [2.75, 3.05) is 13.6 Å². The van der Waals surface area contributed by atoms with Crippen molar-refractivity contribution in [1.82, 2.24) is 5.32 Å². The van der Waals surface area contributed by atoms with Crippen molar-refractivity contribution in [3.8, 4) is 0 Å². The third-order valence-electron chi connectivity index (χ3n) is 3.83. The molecule has 0 aromatic carbocycles. The molecule has 0 unspecified atom stereocenters. The Morgan fingerprint density at radius 2 is 1.64 bits per heavy atom. The first kappa shape index (κ1) is 18.2. The summed E-state index contributed by atoms with van der Waals surface area (Å²) in [5, 5.41) is 3.21. The number of hydrogen-bond acceptors (Lipinski definition) is 1. The Bertz CT molecular complexity index is 550. The second-order valence-electron chi connectivity index (χ2n) is 5.30. The minimum Gasteiger partial charge on any atom is -0.319 e. The summed E-state index contributed by atoms with van der Waals surface area (Å²) in [5.74, 6) is 0. The van der Waals surface area contributed by atoms with Crippen LogP contribution in [-0.4, -0.2) is 13.6 Å². The first-order valence-corrected chi connectivity index (χ1v) is 8.05.